The summed E-state index contributed by atoms with van der Waals surface area (Å²) < 4.78 is 0. The van der Waals surface area contributed by atoms with Gasteiger partial charge in [-0.25, -0.2) is 0 Å². The maximum atomic E-state index is 4.56. The number of hydrogen-bond donors (Lipinski definition) is 0. The molecule has 1 fully saturated rings. The minimum absolute atomic E-state index is 0.0146. The van der Waals surface area contributed by atoms with Gasteiger partial charge in [0.15, 0.2) is 0 Å². The molecule has 6 rings (SSSR count). The molecule has 1 heteroatoms. The van der Waals surface area contributed by atoms with Crippen molar-refractivity contribution < 1.29 is 0 Å². The highest BCUT2D eigenvalue weighted by Gasteiger charge is 2.43. The third kappa shape index (κ3) is 3.83. The predicted molar refractivity (Wildman–Crippen MR) is 165 cm³/mol. The summed E-state index contributed by atoms with van der Waals surface area (Å²) in [5.74, 6) is 1.16. The topological polar surface area (TPSA) is 3.24 Å². The summed E-state index contributed by atoms with van der Waals surface area (Å²) in [6, 6.07) is 26.6. The number of allylic oxidation sites excluding steroid dienone is 5. The van der Waals surface area contributed by atoms with Gasteiger partial charge in [0.05, 0.1) is 0 Å². The number of anilines is 1. The van der Waals surface area contributed by atoms with E-state index in [9.17, 15) is 0 Å². The van der Waals surface area contributed by atoms with Crippen molar-refractivity contribution >= 4 is 27.2 Å². The van der Waals surface area contributed by atoms with E-state index in [2.05, 4.69) is 144 Å². The molecule has 192 valence electrons. The van der Waals surface area contributed by atoms with Crippen LogP contribution in [0.4, 0.5) is 5.69 Å². The molecule has 4 aromatic rings. The molecule has 2 unspecified atom stereocenters. The second kappa shape index (κ2) is 8.73. The third-order valence-corrected chi connectivity index (χ3v) is 9.27. The van der Waals surface area contributed by atoms with Gasteiger partial charge in [0.1, 0.15) is 0 Å². The van der Waals surface area contributed by atoms with Crippen molar-refractivity contribution in [1.82, 2.24) is 0 Å². The first kappa shape index (κ1) is 24.7. The zero-order valence-electron chi connectivity index (χ0n) is 23.7. The normalized spacial score (nSPS) is 21.5. The standard InChI is InChI=1S/C37H39N/c1-24-16-18-26-12-8-10-14-30(26)34(24)36(3,4)25(2)17-19-28-22-29(28)23-33-37(5,6)35-31-15-11-9-13-27(31)20-21-32(35)38(33)7/h8-21,23,28-29H,2,22H2,1,3-7H3/b19-17+,33-23+. The van der Waals surface area contributed by atoms with Crippen molar-refractivity contribution in [3.8, 4) is 0 Å². The number of hydrogen-bond acceptors (Lipinski definition) is 1. The molecule has 1 saturated carbocycles. The van der Waals surface area contributed by atoms with Gasteiger partial charge < -0.3 is 4.90 Å². The lowest BCUT2D eigenvalue weighted by Crippen LogP contribution is -2.23. The maximum absolute atomic E-state index is 4.56. The first-order valence-corrected chi connectivity index (χ1v) is 14.0. The molecular formula is C37H39N. The van der Waals surface area contributed by atoms with Crippen LogP contribution in [-0.2, 0) is 10.8 Å². The SMILES string of the molecule is C=C(/C=C/C1CC1/C=C1/N(C)c2ccc3ccccc3c2C1(C)C)C(C)(C)c1c(C)ccc2ccccc12. The summed E-state index contributed by atoms with van der Waals surface area (Å²) in [5, 5.41) is 5.33. The summed E-state index contributed by atoms with van der Waals surface area (Å²) in [5.41, 5.74) is 7.96. The van der Waals surface area contributed by atoms with Gasteiger partial charge in [0.25, 0.3) is 0 Å². The van der Waals surface area contributed by atoms with Crippen molar-refractivity contribution in [2.24, 2.45) is 11.8 Å². The fourth-order valence-corrected chi connectivity index (χ4v) is 6.86. The van der Waals surface area contributed by atoms with Crippen molar-refractivity contribution in [3.05, 3.63) is 126 Å². The Labute approximate surface area is 228 Å². The molecule has 0 N–H and O–H groups in total. The van der Waals surface area contributed by atoms with E-state index in [1.165, 1.54) is 61.6 Å². The van der Waals surface area contributed by atoms with Crippen LogP contribution in [0, 0.1) is 18.8 Å². The molecule has 0 amide bonds. The van der Waals surface area contributed by atoms with Crippen LogP contribution in [0.15, 0.2) is 109 Å². The largest absolute Gasteiger partial charge is 0.347 e. The predicted octanol–water partition coefficient (Wildman–Crippen LogP) is 9.64. The third-order valence-electron chi connectivity index (χ3n) is 9.27. The van der Waals surface area contributed by atoms with Crippen LogP contribution in [0.25, 0.3) is 21.5 Å². The fraction of sp³-hybridized carbons (Fsp3) is 0.297. The molecule has 1 aliphatic heterocycles. The Kier molecular flexibility index (Phi) is 5.69. The van der Waals surface area contributed by atoms with Crippen LogP contribution < -0.4 is 4.90 Å². The highest BCUT2D eigenvalue weighted by atomic mass is 15.2. The van der Waals surface area contributed by atoms with E-state index in [0.717, 1.165) is 0 Å². The summed E-state index contributed by atoms with van der Waals surface area (Å²) in [6.45, 7) is 16.2. The molecule has 0 saturated heterocycles. The Bertz CT molecular complexity index is 1640. The maximum Gasteiger partial charge on any atom is 0.0454 e. The summed E-state index contributed by atoms with van der Waals surface area (Å²) >= 11 is 0. The smallest absolute Gasteiger partial charge is 0.0454 e. The van der Waals surface area contributed by atoms with E-state index >= 15 is 0 Å². The van der Waals surface area contributed by atoms with Gasteiger partial charge in [-0.1, -0.05) is 119 Å². The summed E-state index contributed by atoms with van der Waals surface area (Å²) in [6.07, 6.45) is 8.47. The molecule has 1 nitrogen and oxygen atoms in total. The number of nitrogens with zero attached hydrogens (tertiary/aromatic N) is 1. The van der Waals surface area contributed by atoms with E-state index < -0.39 is 0 Å². The van der Waals surface area contributed by atoms with Crippen LogP contribution in [0.2, 0.25) is 0 Å². The molecular weight excluding hydrogens is 458 g/mol. The van der Waals surface area contributed by atoms with Crippen LogP contribution in [-0.4, -0.2) is 7.05 Å². The Morgan fingerprint density at radius 1 is 0.895 bits per heavy atom. The average molecular weight is 498 g/mol. The molecule has 0 bridgehead atoms. The monoisotopic (exact) mass is 497 g/mol. The lowest BCUT2D eigenvalue weighted by Gasteiger charge is -2.30. The minimum Gasteiger partial charge on any atom is -0.347 e. The van der Waals surface area contributed by atoms with Crippen molar-refractivity contribution in [3.63, 3.8) is 0 Å². The summed E-state index contributed by atoms with van der Waals surface area (Å²) in [7, 11) is 2.23. The molecule has 1 heterocycles. The lowest BCUT2D eigenvalue weighted by atomic mass is 9.74. The number of fused-ring (bicyclic) bond motifs is 4. The molecule has 1 aliphatic carbocycles. The zero-order chi connectivity index (χ0) is 26.8. The van der Waals surface area contributed by atoms with E-state index in [1.54, 1.807) is 0 Å². The second-order valence-electron chi connectivity index (χ2n) is 12.5. The Balaban J connectivity index is 1.24. The highest BCUT2D eigenvalue weighted by molar-refractivity contribution is 5.94. The van der Waals surface area contributed by atoms with Gasteiger partial charge in [-0.3, -0.25) is 0 Å². The molecule has 2 atom stereocenters. The van der Waals surface area contributed by atoms with E-state index in [-0.39, 0.29) is 10.8 Å². The molecule has 38 heavy (non-hydrogen) atoms. The van der Waals surface area contributed by atoms with Crippen molar-refractivity contribution in [2.45, 2.75) is 51.9 Å². The summed E-state index contributed by atoms with van der Waals surface area (Å²) in [4.78, 5) is 2.42. The highest BCUT2D eigenvalue weighted by Crippen LogP contribution is 2.52. The van der Waals surface area contributed by atoms with E-state index in [4.69, 9.17) is 0 Å². The first-order valence-electron chi connectivity index (χ1n) is 14.0. The number of aryl methyl sites for hydroxylation is 1. The van der Waals surface area contributed by atoms with Gasteiger partial charge >= 0.3 is 0 Å². The van der Waals surface area contributed by atoms with E-state index in [0.29, 0.717) is 11.8 Å². The molecule has 0 spiro atoms. The van der Waals surface area contributed by atoms with Crippen LogP contribution >= 0.6 is 0 Å². The van der Waals surface area contributed by atoms with Gasteiger partial charge in [0, 0.05) is 29.3 Å². The lowest BCUT2D eigenvalue weighted by molar-refractivity contribution is 0.637. The van der Waals surface area contributed by atoms with Gasteiger partial charge in [-0.2, -0.15) is 0 Å². The Morgan fingerprint density at radius 2 is 1.53 bits per heavy atom. The Morgan fingerprint density at radius 3 is 2.26 bits per heavy atom. The molecule has 4 aromatic carbocycles. The van der Waals surface area contributed by atoms with Gasteiger partial charge in [0.2, 0.25) is 0 Å². The van der Waals surface area contributed by atoms with Crippen LogP contribution in [0.3, 0.4) is 0 Å². The first-order chi connectivity index (χ1) is 18.1. The molecule has 0 aromatic heterocycles. The Hall–Kier alpha value is -3.58. The zero-order valence-corrected chi connectivity index (χ0v) is 23.7. The quantitative estimate of drug-likeness (QED) is 0.248. The van der Waals surface area contributed by atoms with Gasteiger partial charge in [-0.05, 0) is 75.1 Å². The second-order valence-corrected chi connectivity index (χ2v) is 12.5. The number of likely N-dealkylation sites (N-methyl/N-ethyl adjacent to an activating group) is 1. The molecule has 0 radical (unpaired) electrons. The minimum atomic E-state index is -0.138. The number of rotatable bonds is 5. The van der Waals surface area contributed by atoms with Gasteiger partial charge in [-0.15, -0.1) is 0 Å². The van der Waals surface area contributed by atoms with Crippen molar-refractivity contribution in [1.29, 1.82) is 0 Å². The average Bonchev–Trinajstić information content (AvgIpc) is 3.62. The van der Waals surface area contributed by atoms with Crippen LogP contribution in [0.1, 0.15) is 50.8 Å². The van der Waals surface area contributed by atoms with Crippen LogP contribution in [0.5, 0.6) is 0 Å². The number of benzene rings is 4. The van der Waals surface area contributed by atoms with Crippen molar-refractivity contribution in [2.75, 3.05) is 11.9 Å². The fourth-order valence-electron chi connectivity index (χ4n) is 6.86. The molecule has 2 aliphatic rings. The van der Waals surface area contributed by atoms with E-state index in [1.807, 2.05) is 0 Å².